The number of nitrogens with one attached hydrogen (secondary N) is 1. The number of nitrogens with zero attached hydrogens (tertiary/aromatic N) is 1. The summed E-state index contributed by atoms with van der Waals surface area (Å²) in [5.74, 6) is -1.02. The van der Waals surface area contributed by atoms with Crippen molar-refractivity contribution in [1.82, 2.24) is 4.98 Å². The summed E-state index contributed by atoms with van der Waals surface area (Å²) in [4.78, 5) is 15.6. The molecule has 4 nitrogen and oxygen atoms in total. The van der Waals surface area contributed by atoms with E-state index in [1.54, 1.807) is 18.3 Å². The van der Waals surface area contributed by atoms with Crippen LogP contribution < -0.4 is 11.1 Å². The zero-order valence-electron chi connectivity index (χ0n) is 8.85. The summed E-state index contributed by atoms with van der Waals surface area (Å²) in [5.41, 5.74) is 6.09. The van der Waals surface area contributed by atoms with Gasteiger partial charge in [-0.2, -0.15) is 0 Å². The van der Waals surface area contributed by atoms with E-state index in [1.807, 2.05) is 0 Å². The molecule has 0 radical (unpaired) electrons. The largest absolute Gasteiger partial charge is 0.397 e. The Morgan fingerprint density at radius 1 is 1.29 bits per heavy atom. The number of amides is 1. The highest BCUT2D eigenvalue weighted by Crippen LogP contribution is 2.22. The van der Waals surface area contributed by atoms with Gasteiger partial charge in [-0.05, 0) is 24.3 Å². The van der Waals surface area contributed by atoms with E-state index < -0.39 is 11.7 Å². The fourth-order valence-electron chi connectivity index (χ4n) is 1.36. The molecule has 0 saturated heterocycles. The van der Waals surface area contributed by atoms with Crippen LogP contribution in [0.3, 0.4) is 0 Å². The van der Waals surface area contributed by atoms with Crippen LogP contribution in [0.5, 0.6) is 0 Å². The molecule has 1 aromatic heterocycles. The summed E-state index contributed by atoms with van der Waals surface area (Å²) in [5, 5.41) is 2.42. The first kappa shape index (κ1) is 11.1. The van der Waals surface area contributed by atoms with Crippen LogP contribution in [0.25, 0.3) is 0 Å². The smallest absolute Gasteiger partial charge is 0.257 e. The van der Waals surface area contributed by atoms with Crippen LogP contribution in [0.2, 0.25) is 0 Å². The third-order valence-electron chi connectivity index (χ3n) is 2.21. The van der Waals surface area contributed by atoms with Crippen LogP contribution in [-0.4, -0.2) is 10.9 Å². The van der Waals surface area contributed by atoms with Crippen molar-refractivity contribution in [1.29, 1.82) is 0 Å². The standard InChI is InChI=1S/C12H10FN3O/c13-9-4-1-5-10(14)11(9)16-12(17)8-3-2-6-15-7-8/h1-7H,14H2,(H,16,17). The molecule has 0 spiro atoms. The molecule has 1 heterocycles. The number of halogens is 1. The van der Waals surface area contributed by atoms with Crippen molar-refractivity contribution in [2.24, 2.45) is 0 Å². The maximum atomic E-state index is 13.4. The monoisotopic (exact) mass is 231 g/mol. The molecule has 2 rings (SSSR count). The molecular formula is C12H10FN3O. The number of carbonyl (C=O) groups excluding carboxylic acids is 1. The molecule has 0 aliphatic carbocycles. The number of carbonyl (C=O) groups is 1. The first-order valence-electron chi connectivity index (χ1n) is 4.94. The Morgan fingerprint density at radius 2 is 2.12 bits per heavy atom. The third kappa shape index (κ3) is 2.39. The number of nitrogens with two attached hydrogens (primary N) is 1. The first-order chi connectivity index (χ1) is 8.18. The molecule has 3 N–H and O–H groups in total. The third-order valence-corrected chi connectivity index (χ3v) is 2.21. The van der Waals surface area contributed by atoms with Crippen molar-refractivity contribution in [2.45, 2.75) is 0 Å². The van der Waals surface area contributed by atoms with Gasteiger partial charge in [0, 0.05) is 12.4 Å². The second-order valence-electron chi connectivity index (χ2n) is 3.40. The SMILES string of the molecule is Nc1cccc(F)c1NC(=O)c1cccnc1. The van der Waals surface area contributed by atoms with Crippen LogP contribution in [0.4, 0.5) is 15.8 Å². The van der Waals surface area contributed by atoms with Gasteiger partial charge < -0.3 is 11.1 Å². The molecule has 0 aliphatic heterocycles. The van der Waals surface area contributed by atoms with Crippen LogP contribution in [-0.2, 0) is 0 Å². The minimum atomic E-state index is -0.567. The summed E-state index contributed by atoms with van der Waals surface area (Å²) in [6, 6.07) is 7.43. The van der Waals surface area contributed by atoms with E-state index in [1.165, 1.54) is 24.4 Å². The molecule has 1 amide bonds. The van der Waals surface area contributed by atoms with Crippen molar-refractivity contribution < 1.29 is 9.18 Å². The quantitative estimate of drug-likeness (QED) is 0.777. The number of aromatic nitrogens is 1. The Balaban J connectivity index is 2.25. The van der Waals surface area contributed by atoms with Gasteiger partial charge >= 0.3 is 0 Å². The lowest BCUT2D eigenvalue weighted by molar-refractivity contribution is 0.102. The van der Waals surface area contributed by atoms with E-state index in [0.29, 0.717) is 5.56 Å². The van der Waals surface area contributed by atoms with E-state index >= 15 is 0 Å². The molecule has 1 aromatic carbocycles. The molecule has 0 atom stereocenters. The average molecular weight is 231 g/mol. The van der Waals surface area contributed by atoms with Crippen molar-refractivity contribution in [3.05, 3.63) is 54.1 Å². The Bertz CT molecular complexity index is 522. The van der Waals surface area contributed by atoms with Crippen molar-refractivity contribution in [2.75, 3.05) is 11.1 Å². The maximum absolute atomic E-state index is 13.4. The fourth-order valence-corrected chi connectivity index (χ4v) is 1.36. The van der Waals surface area contributed by atoms with Crippen LogP contribution in [0.1, 0.15) is 10.4 Å². The zero-order valence-corrected chi connectivity index (χ0v) is 8.85. The molecule has 86 valence electrons. The minimum absolute atomic E-state index is 0.0126. The number of anilines is 2. The Hall–Kier alpha value is -2.43. The second-order valence-corrected chi connectivity index (χ2v) is 3.40. The lowest BCUT2D eigenvalue weighted by atomic mass is 10.2. The summed E-state index contributed by atoms with van der Waals surface area (Å²) < 4.78 is 13.4. The lowest BCUT2D eigenvalue weighted by Gasteiger charge is -2.08. The fraction of sp³-hybridized carbons (Fsp3) is 0. The number of rotatable bonds is 2. The van der Waals surface area contributed by atoms with Gasteiger partial charge in [0.2, 0.25) is 0 Å². The molecule has 0 unspecified atom stereocenters. The van der Waals surface area contributed by atoms with Gasteiger partial charge in [0.1, 0.15) is 11.5 Å². The molecule has 0 fully saturated rings. The molecular weight excluding hydrogens is 221 g/mol. The summed E-state index contributed by atoms with van der Waals surface area (Å²) in [6.07, 6.45) is 2.95. The number of pyridine rings is 1. The van der Waals surface area contributed by atoms with E-state index in [2.05, 4.69) is 10.3 Å². The van der Waals surface area contributed by atoms with E-state index in [9.17, 15) is 9.18 Å². The normalized spacial score (nSPS) is 9.94. The van der Waals surface area contributed by atoms with E-state index in [0.717, 1.165) is 0 Å². The highest BCUT2D eigenvalue weighted by Gasteiger charge is 2.11. The predicted molar refractivity (Wildman–Crippen MR) is 63.0 cm³/mol. The number of nitrogen functional groups attached to an aromatic ring is 1. The maximum Gasteiger partial charge on any atom is 0.257 e. The molecule has 0 bridgehead atoms. The Morgan fingerprint density at radius 3 is 2.76 bits per heavy atom. The number of para-hydroxylation sites is 1. The Kier molecular flexibility index (Phi) is 3.00. The van der Waals surface area contributed by atoms with Gasteiger partial charge in [0.05, 0.1) is 11.3 Å². The highest BCUT2D eigenvalue weighted by molar-refractivity contribution is 6.05. The van der Waals surface area contributed by atoms with Crippen molar-refractivity contribution >= 4 is 17.3 Å². The van der Waals surface area contributed by atoms with Crippen LogP contribution in [0.15, 0.2) is 42.7 Å². The highest BCUT2D eigenvalue weighted by atomic mass is 19.1. The second kappa shape index (κ2) is 4.61. The van der Waals surface area contributed by atoms with Gasteiger partial charge in [-0.15, -0.1) is 0 Å². The average Bonchev–Trinajstić information content (AvgIpc) is 2.35. The topological polar surface area (TPSA) is 68.0 Å². The van der Waals surface area contributed by atoms with Gasteiger partial charge in [-0.25, -0.2) is 4.39 Å². The van der Waals surface area contributed by atoms with Gasteiger partial charge in [0.15, 0.2) is 0 Å². The zero-order chi connectivity index (χ0) is 12.3. The minimum Gasteiger partial charge on any atom is -0.397 e. The van der Waals surface area contributed by atoms with Crippen molar-refractivity contribution in [3.8, 4) is 0 Å². The van der Waals surface area contributed by atoms with Gasteiger partial charge in [-0.3, -0.25) is 9.78 Å². The van der Waals surface area contributed by atoms with E-state index in [4.69, 9.17) is 5.73 Å². The lowest BCUT2D eigenvalue weighted by Crippen LogP contribution is -2.14. The predicted octanol–water partition coefficient (Wildman–Crippen LogP) is 2.06. The summed E-state index contributed by atoms with van der Waals surface area (Å²) in [7, 11) is 0. The molecule has 17 heavy (non-hydrogen) atoms. The number of hydrogen-bond acceptors (Lipinski definition) is 3. The first-order valence-corrected chi connectivity index (χ1v) is 4.94. The van der Waals surface area contributed by atoms with Crippen LogP contribution >= 0.6 is 0 Å². The van der Waals surface area contributed by atoms with Gasteiger partial charge in [-0.1, -0.05) is 6.07 Å². The summed E-state index contributed by atoms with van der Waals surface area (Å²) in [6.45, 7) is 0. The molecule has 0 saturated carbocycles. The molecule has 0 aliphatic rings. The van der Waals surface area contributed by atoms with E-state index in [-0.39, 0.29) is 11.4 Å². The summed E-state index contributed by atoms with van der Waals surface area (Å²) >= 11 is 0. The Labute approximate surface area is 97.3 Å². The number of hydrogen-bond donors (Lipinski definition) is 2. The molecule has 2 aromatic rings. The molecule has 5 heteroatoms. The number of benzene rings is 1. The van der Waals surface area contributed by atoms with Crippen molar-refractivity contribution in [3.63, 3.8) is 0 Å². The van der Waals surface area contributed by atoms with Gasteiger partial charge in [0.25, 0.3) is 5.91 Å². The van der Waals surface area contributed by atoms with Crippen LogP contribution in [0, 0.1) is 5.82 Å².